The minimum atomic E-state index is -0.871. The lowest BCUT2D eigenvalue weighted by Gasteiger charge is -2.32. The lowest BCUT2D eigenvalue weighted by Crippen LogP contribution is -2.52. The van der Waals surface area contributed by atoms with Crippen molar-refractivity contribution in [2.45, 2.75) is 25.4 Å². The smallest absolute Gasteiger partial charge is 0.251 e. The Morgan fingerprint density at radius 3 is 2.79 bits per heavy atom. The van der Waals surface area contributed by atoms with Crippen molar-refractivity contribution in [1.29, 1.82) is 0 Å². The number of oxazole rings is 1. The predicted molar refractivity (Wildman–Crippen MR) is 111 cm³/mol. The van der Waals surface area contributed by atoms with Crippen LogP contribution in [0.2, 0.25) is 0 Å². The van der Waals surface area contributed by atoms with E-state index in [9.17, 15) is 9.90 Å². The number of fused-ring (bicyclic) bond motifs is 1. The van der Waals surface area contributed by atoms with Crippen LogP contribution in [0.4, 0.5) is 0 Å². The number of nitrogens with zero attached hydrogens (tertiary/aromatic N) is 1. The number of rotatable bonds is 4. The Hall–Kier alpha value is -2.41. The normalized spacial score (nSPS) is 19.2. The molecule has 28 heavy (non-hydrogen) atoms. The van der Waals surface area contributed by atoms with Gasteiger partial charge in [0, 0.05) is 24.2 Å². The van der Waals surface area contributed by atoms with E-state index < -0.39 is 5.60 Å². The maximum Gasteiger partial charge on any atom is 0.251 e. The van der Waals surface area contributed by atoms with Crippen molar-refractivity contribution >= 4 is 29.4 Å². The summed E-state index contributed by atoms with van der Waals surface area (Å²) in [6.07, 6.45) is 1.60. The monoisotopic (exact) mass is 401 g/mol. The first-order chi connectivity index (χ1) is 13.0. The molecule has 2 heterocycles. The largest absolute Gasteiger partial charge is 0.436 e. The summed E-state index contributed by atoms with van der Waals surface area (Å²) in [5, 5.41) is 16.4. The first kappa shape index (κ1) is 20.3. The van der Waals surface area contributed by atoms with Gasteiger partial charge in [-0.05, 0) is 68.3 Å². The lowest BCUT2D eigenvalue weighted by molar-refractivity contribution is 0.0170. The molecule has 2 aromatic carbocycles. The van der Waals surface area contributed by atoms with Gasteiger partial charge < -0.3 is 20.2 Å². The number of carbonyl (C=O) groups is 1. The summed E-state index contributed by atoms with van der Waals surface area (Å²) in [5.74, 6) is 0.332. The summed E-state index contributed by atoms with van der Waals surface area (Å²) in [4.78, 5) is 16.9. The third-order valence-electron chi connectivity index (χ3n) is 4.96. The summed E-state index contributed by atoms with van der Waals surface area (Å²) in [6.45, 7) is 3.67. The average Bonchev–Trinajstić information content (AvgIpc) is 3.10. The van der Waals surface area contributed by atoms with Crippen LogP contribution in [0.5, 0.6) is 0 Å². The molecule has 0 radical (unpaired) electrons. The number of hydrogen-bond acceptors (Lipinski definition) is 5. The summed E-state index contributed by atoms with van der Waals surface area (Å²) in [6, 6.07) is 13.0. The summed E-state index contributed by atoms with van der Waals surface area (Å²) in [5.41, 5.74) is 3.18. The molecule has 0 spiro atoms. The zero-order valence-electron chi connectivity index (χ0n) is 15.7. The molecule has 1 saturated heterocycles. The summed E-state index contributed by atoms with van der Waals surface area (Å²) < 4.78 is 5.80. The number of piperidine rings is 1. The number of hydrogen-bond donors (Lipinski definition) is 3. The zero-order valence-corrected chi connectivity index (χ0v) is 16.5. The zero-order chi connectivity index (χ0) is 18.9. The Bertz CT molecular complexity index is 963. The molecule has 3 aromatic rings. The highest BCUT2D eigenvalue weighted by Crippen LogP contribution is 2.25. The molecule has 1 aromatic heterocycles. The van der Waals surface area contributed by atoms with Gasteiger partial charge in [-0.1, -0.05) is 6.07 Å². The summed E-state index contributed by atoms with van der Waals surface area (Å²) in [7, 11) is 0. The minimum absolute atomic E-state index is 0. The molecular weight excluding hydrogens is 378 g/mol. The molecule has 1 atom stereocenters. The highest BCUT2D eigenvalue weighted by atomic mass is 35.5. The van der Waals surface area contributed by atoms with E-state index in [-0.39, 0.29) is 24.9 Å². The van der Waals surface area contributed by atoms with Crippen LogP contribution >= 0.6 is 12.4 Å². The van der Waals surface area contributed by atoms with Crippen LogP contribution in [0.15, 0.2) is 46.9 Å². The molecular formula is C21H24ClN3O3. The van der Waals surface area contributed by atoms with Gasteiger partial charge in [0.1, 0.15) is 5.52 Å². The molecule has 1 aliphatic rings. The average molecular weight is 402 g/mol. The highest BCUT2D eigenvalue weighted by molar-refractivity contribution is 5.94. The molecule has 6 nitrogen and oxygen atoms in total. The van der Waals surface area contributed by atoms with Crippen LogP contribution in [-0.2, 0) is 0 Å². The molecule has 1 amide bonds. The van der Waals surface area contributed by atoms with Crippen molar-refractivity contribution < 1.29 is 14.3 Å². The Balaban J connectivity index is 0.00000225. The Labute approximate surface area is 169 Å². The molecule has 1 aliphatic heterocycles. The van der Waals surface area contributed by atoms with Crippen molar-refractivity contribution in [2.75, 3.05) is 19.6 Å². The number of aliphatic hydroxyl groups is 1. The van der Waals surface area contributed by atoms with Crippen molar-refractivity contribution in [3.8, 4) is 11.5 Å². The third kappa shape index (κ3) is 4.35. The van der Waals surface area contributed by atoms with Gasteiger partial charge in [0.05, 0.1) is 5.60 Å². The summed E-state index contributed by atoms with van der Waals surface area (Å²) >= 11 is 0. The number of nitrogens with one attached hydrogen (secondary N) is 2. The van der Waals surface area contributed by atoms with Crippen LogP contribution in [0.25, 0.3) is 22.6 Å². The molecule has 0 saturated carbocycles. The third-order valence-corrected chi connectivity index (χ3v) is 4.96. The van der Waals surface area contributed by atoms with Crippen molar-refractivity contribution in [3.63, 3.8) is 0 Å². The van der Waals surface area contributed by atoms with Crippen LogP contribution in [0, 0.1) is 6.92 Å². The maximum atomic E-state index is 12.4. The van der Waals surface area contributed by atoms with Gasteiger partial charge in [0.2, 0.25) is 5.89 Å². The lowest BCUT2D eigenvalue weighted by atomic mass is 9.94. The van der Waals surface area contributed by atoms with E-state index in [2.05, 4.69) is 15.6 Å². The number of amides is 1. The van der Waals surface area contributed by atoms with E-state index in [1.807, 2.05) is 37.3 Å². The Morgan fingerprint density at radius 1 is 1.29 bits per heavy atom. The van der Waals surface area contributed by atoms with Gasteiger partial charge in [-0.2, -0.15) is 0 Å². The quantitative estimate of drug-likeness (QED) is 0.625. The molecule has 1 fully saturated rings. The van der Waals surface area contributed by atoms with Gasteiger partial charge in [-0.15, -0.1) is 12.4 Å². The van der Waals surface area contributed by atoms with E-state index >= 15 is 0 Å². The van der Waals surface area contributed by atoms with Crippen LogP contribution in [0.3, 0.4) is 0 Å². The fourth-order valence-corrected chi connectivity index (χ4v) is 3.37. The second kappa shape index (κ2) is 8.31. The maximum absolute atomic E-state index is 12.4. The number of benzene rings is 2. The van der Waals surface area contributed by atoms with E-state index in [1.54, 1.807) is 12.1 Å². The van der Waals surface area contributed by atoms with Crippen molar-refractivity contribution in [3.05, 3.63) is 53.6 Å². The second-order valence-electron chi connectivity index (χ2n) is 7.25. The van der Waals surface area contributed by atoms with E-state index in [4.69, 9.17) is 4.42 Å². The number of carbonyl (C=O) groups excluding carboxylic acids is 1. The molecule has 0 bridgehead atoms. The van der Waals surface area contributed by atoms with Gasteiger partial charge in [0.15, 0.2) is 5.58 Å². The van der Waals surface area contributed by atoms with E-state index in [0.29, 0.717) is 24.4 Å². The SMILES string of the molecule is Cc1ccc2oc(-c3ccc(C(=O)NCC4(O)CCCNC4)cc3)nc2c1.Cl. The molecule has 1 unspecified atom stereocenters. The second-order valence-corrected chi connectivity index (χ2v) is 7.25. The first-order valence-electron chi connectivity index (χ1n) is 9.21. The predicted octanol–water partition coefficient (Wildman–Crippen LogP) is 3.07. The molecule has 0 aliphatic carbocycles. The van der Waals surface area contributed by atoms with Crippen molar-refractivity contribution in [1.82, 2.24) is 15.6 Å². The number of aryl methyl sites for hydroxylation is 1. The molecule has 4 rings (SSSR count). The fraction of sp³-hybridized carbons (Fsp3) is 0.333. The molecule has 148 valence electrons. The van der Waals surface area contributed by atoms with E-state index in [1.165, 1.54) is 0 Å². The first-order valence-corrected chi connectivity index (χ1v) is 9.21. The van der Waals surface area contributed by atoms with Crippen LogP contribution in [0.1, 0.15) is 28.8 Å². The van der Waals surface area contributed by atoms with Crippen LogP contribution in [-0.4, -0.2) is 41.2 Å². The topological polar surface area (TPSA) is 87.4 Å². The van der Waals surface area contributed by atoms with Gasteiger partial charge in [-0.25, -0.2) is 4.98 Å². The van der Waals surface area contributed by atoms with Crippen LogP contribution < -0.4 is 10.6 Å². The number of β-amino-alcohol motifs (C(OH)–C–C–N with tert-alkyl or cyclic N) is 1. The fourth-order valence-electron chi connectivity index (χ4n) is 3.37. The Kier molecular flexibility index (Phi) is 6.03. The Morgan fingerprint density at radius 2 is 2.07 bits per heavy atom. The molecule has 3 N–H and O–H groups in total. The van der Waals surface area contributed by atoms with Gasteiger partial charge >= 0.3 is 0 Å². The number of halogens is 1. The minimum Gasteiger partial charge on any atom is -0.436 e. The highest BCUT2D eigenvalue weighted by Gasteiger charge is 2.29. The standard InChI is InChI=1S/C21H23N3O3.ClH/c1-14-3-8-18-17(11-14)24-20(27-18)16-6-4-15(5-7-16)19(25)23-13-21(26)9-2-10-22-12-21;/h3-8,11,22,26H,2,9-10,12-13H2,1H3,(H,23,25);1H. The number of aromatic nitrogens is 1. The van der Waals surface area contributed by atoms with Gasteiger partial charge in [0.25, 0.3) is 5.91 Å². The van der Waals surface area contributed by atoms with Crippen molar-refractivity contribution in [2.24, 2.45) is 0 Å². The van der Waals surface area contributed by atoms with Gasteiger partial charge in [-0.3, -0.25) is 4.79 Å². The molecule has 7 heteroatoms. The van der Waals surface area contributed by atoms with E-state index in [0.717, 1.165) is 35.2 Å².